The van der Waals surface area contributed by atoms with Crippen molar-refractivity contribution in [3.05, 3.63) is 24.3 Å². The number of rotatable bonds is 41. The van der Waals surface area contributed by atoms with Crippen molar-refractivity contribution in [2.45, 2.75) is 219 Å². The van der Waals surface area contributed by atoms with Gasteiger partial charge in [0.15, 0.2) is 0 Å². The molecule has 3 unspecified atom stereocenters. The van der Waals surface area contributed by atoms with Crippen LogP contribution in [0.1, 0.15) is 206 Å². The summed E-state index contributed by atoms with van der Waals surface area (Å²) < 4.78 is 23.6. The average molecular weight is 786 g/mol. The van der Waals surface area contributed by atoms with E-state index in [9.17, 15) is 19.4 Å². The van der Waals surface area contributed by atoms with Crippen LogP contribution in [0.15, 0.2) is 24.3 Å². The van der Waals surface area contributed by atoms with Gasteiger partial charge in [-0.3, -0.25) is 13.8 Å². The maximum absolute atomic E-state index is 12.9. The Morgan fingerprint density at radius 1 is 0.611 bits per heavy atom. The number of hydrogen-bond donors (Lipinski definition) is 3. The molecule has 320 valence electrons. The SMILES string of the molecule is CCCCCCCCC/C=C\CCCCCCCC(=O)NC(COP(=O)(O)OCC[N+](C)(C)C)C(O)/C=C/CCCCCCCCCCCCCCCC. The average Bonchev–Trinajstić information content (AvgIpc) is 3.12. The molecule has 0 bridgehead atoms. The van der Waals surface area contributed by atoms with Gasteiger partial charge in [0.2, 0.25) is 5.91 Å². The molecule has 0 saturated carbocycles. The van der Waals surface area contributed by atoms with Gasteiger partial charge in [-0.25, -0.2) is 4.57 Å². The molecule has 0 rings (SSSR count). The lowest BCUT2D eigenvalue weighted by molar-refractivity contribution is -0.870. The predicted octanol–water partition coefficient (Wildman–Crippen LogP) is 12.5. The Bertz CT molecular complexity index is 938. The van der Waals surface area contributed by atoms with Gasteiger partial charge in [-0.05, 0) is 44.9 Å². The number of hydrogen-bond acceptors (Lipinski definition) is 5. The molecule has 8 nitrogen and oxygen atoms in total. The van der Waals surface area contributed by atoms with E-state index >= 15 is 0 Å². The number of likely N-dealkylation sites (N-methyl/N-ethyl adjacent to an activating group) is 1. The van der Waals surface area contributed by atoms with Crippen molar-refractivity contribution in [2.75, 3.05) is 40.9 Å². The van der Waals surface area contributed by atoms with Crippen LogP contribution < -0.4 is 5.32 Å². The fourth-order valence-corrected chi connectivity index (χ4v) is 7.24. The summed E-state index contributed by atoms with van der Waals surface area (Å²) in [5.74, 6) is -0.185. The number of aliphatic hydroxyl groups is 1. The zero-order valence-electron chi connectivity index (χ0n) is 36.2. The van der Waals surface area contributed by atoms with E-state index in [-0.39, 0.29) is 19.1 Å². The zero-order valence-corrected chi connectivity index (χ0v) is 37.1. The second kappa shape index (κ2) is 37.6. The molecule has 3 N–H and O–H groups in total. The highest BCUT2D eigenvalue weighted by molar-refractivity contribution is 7.47. The molecule has 0 aromatic carbocycles. The molecular formula is C45H90N2O6P+. The highest BCUT2D eigenvalue weighted by Gasteiger charge is 2.27. The second-order valence-electron chi connectivity index (χ2n) is 16.8. The first-order valence-electron chi connectivity index (χ1n) is 22.7. The van der Waals surface area contributed by atoms with E-state index in [1.54, 1.807) is 6.08 Å². The summed E-state index contributed by atoms with van der Waals surface area (Å²) in [6.45, 7) is 4.81. The summed E-state index contributed by atoms with van der Waals surface area (Å²) in [5, 5.41) is 13.8. The van der Waals surface area contributed by atoms with Gasteiger partial charge < -0.3 is 19.8 Å². The van der Waals surface area contributed by atoms with Gasteiger partial charge in [0, 0.05) is 6.42 Å². The molecule has 0 radical (unpaired) electrons. The fourth-order valence-electron chi connectivity index (χ4n) is 6.51. The lowest BCUT2D eigenvalue weighted by atomic mass is 10.0. The van der Waals surface area contributed by atoms with Gasteiger partial charge >= 0.3 is 7.82 Å². The van der Waals surface area contributed by atoms with Gasteiger partial charge in [0.1, 0.15) is 13.2 Å². The smallest absolute Gasteiger partial charge is 0.387 e. The molecule has 0 spiro atoms. The Balaban J connectivity index is 4.43. The van der Waals surface area contributed by atoms with E-state index in [2.05, 4.69) is 31.3 Å². The number of carbonyl (C=O) groups excluding carboxylic acids is 1. The number of unbranched alkanes of at least 4 members (excludes halogenated alkanes) is 26. The monoisotopic (exact) mass is 786 g/mol. The normalized spacial score (nSPS) is 14.6. The first-order valence-corrected chi connectivity index (χ1v) is 24.2. The van der Waals surface area contributed by atoms with Crippen LogP contribution in [0.2, 0.25) is 0 Å². The van der Waals surface area contributed by atoms with Crippen LogP contribution in [0.4, 0.5) is 0 Å². The summed E-state index contributed by atoms with van der Waals surface area (Å²) in [5.41, 5.74) is 0. The van der Waals surface area contributed by atoms with Gasteiger partial charge in [-0.2, -0.15) is 0 Å². The van der Waals surface area contributed by atoms with E-state index in [4.69, 9.17) is 9.05 Å². The molecular weight excluding hydrogens is 695 g/mol. The van der Waals surface area contributed by atoms with Crippen molar-refractivity contribution in [1.82, 2.24) is 5.32 Å². The molecule has 0 aromatic rings. The highest BCUT2D eigenvalue weighted by Crippen LogP contribution is 2.43. The Morgan fingerprint density at radius 3 is 1.43 bits per heavy atom. The van der Waals surface area contributed by atoms with E-state index in [1.807, 2.05) is 27.2 Å². The third-order valence-corrected chi connectivity index (χ3v) is 11.1. The number of aliphatic hydroxyl groups excluding tert-OH is 1. The standard InChI is InChI=1S/C45H89N2O6P/c1-6-8-10-12-14-16-18-20-22-24-26-28-30-32-34-36-38-44(48)43(42-53-54(50,51)52-41-40-47(3,4)5)46-45(49)39-37-35-33-31-29-27-25-23-21-19-17-15-13-11-9-7-2/h23,25,36,38,43-44,48H,6-22,24,26-35,37,39-42H2,1-5H3,(H-,46,49,50,51)/p+1/b25-23-,38-36+. The largest absolute Gasteiger partial charge is 0.472 e. The number of nitrogens with zero attached hydrogens (tertiary/aromatic N) is 1. The summed E-state index contributed by atoms with van der Waals surface area (Å²) in [4.78, 5) is 23.1. The van der Waals surface area contributed by atoms with Crippen LogP contribution in [-0.2, 0) is 18.4 Å². The number of carbonyl (C=O) groups is 1. The minimum Gasteiger partial charge on any atom is -0.387 e. The molecule has 0 aliphatic carbocycles. The first-order chi connectivity index (χ1) is 26.0. The number of phosphoric acid groups is 1. The lowest BCUT2D eigenvalue weighted by Crippen LogP contribution is -2.45. The molecule has 0 aliphatic rings. The molecule has 0 fully saturated rings. The predicted molar refractivity (Wildman–Crippen MR) is 231 cm³/mol. The third kappa shape index (κ3) is 39.2. The minimum absolute atomic E-state index is 0.0610. The van der Waals surface area contributed by atoms with Crippen LogP contribution in [0.25, 0.3) is 0 Å². The van der Waals surface area contributed by atoms with Crippen LogP contribution in [-0.4, -0.2) is 73.4 Å². The number of phosphoric ester groups is 1. The summed E-state index contributed by atoms with van der Waals surface area (Å²) in [7, 11) is 1.57. The maximum atomic E-state index is 12.9. The fraction of sp³-hybridized carbons (Fsp3) is 0.889. The van der Waals surface area contributed by atoms with E-state index in [0.717, 1.165) is 51.4 Å². The van der Waals surface area contributed by atoms with Crippen molar-refractivity contribution in [1.29, 1.82) is 0 Å². The molecule has 9 heteroatoms. The quantitative estimate of drug-likeness (QED) is 0.0247. The summed E-state index contributed by atoms with van der Waals surface area (Å²) >= 11 is 0. The molecule has 3 atom stereocenters. The molecule has 54 heavy (non-hydrogen) atoms. The molecule has 0 saturated heterocycles. The summed E-state index contributed by atoms with van der Waals surface area (Å²) in [6.07, 6.45) is 43.8. The number of nitrogens with one attached hydrogen (secondary N) is 1. The third-order valence-electron chi connectivity index (χ3n) is 10.2. The van der Waals surface area contributed by atoms with E-state index < -0.39 is 20.0 Å². The van der Waals surface area contributed by atoms with Gasteiger partial charge in [0.05, 0.1) is 39.9 Å². The first kappa shape index (κ1) is 53.0. The van der Waals surface area contributed by atoms with Gasteiger partial charge in [0.25, 0.3) is 0 Å². The van der Waals surface area contributed by atoms with Crippen LogP contribution in [0, 0.1) is 0 Å². The van der Waals surface area contributed by atoms with Crippen molar-refractivity contribution < 1.29 is 32.9 Å². The Kier molecular flexibility index (Phi) is 36.8. The van der Waals surface area contributed by atoms with Crippen LogP contribution in [0.5, 0.6) is 0 Å². The second-order valence-corrected chi connectivity index (χ2v) is 18.2. The Hall–Kier alpha value is -1.02. The summed E-state index contributed by atoms with van der Waals surface area (Å²) in [6, 6.07) is -0.847. The minimum atomic E-state index is -4.34. The van der Waals surface area contributed by atoms with Gasteiger partial charge in [-0.1, -0.05) is 179 Å². The van der Waals surface area contributed by atoms with Crippen LogP contribution >= 0.6 is 7.82 Å². The topological polar surface area (TPSA) is 105 Å². The molecule has 1 amide bonds. The van der Waals surface area contributed by atoms with E-state index in [1.165, 1.54) is 135 Å². The van der Waals surface area contributed by atoms with E-state index in [0.29, 0.717) is 17.4 Å². The van der Waals surface area contributed by atoms with Crippen molar-refractivity contribution in [3.63, 3.8) is 0 Å². The Labute approximate surface area is 334 Å². The Morgan fingerprint density at radius 2 is 1.00 bits per heavy atom. The number of quaternary nitrogens is 1. The maximum Gasteiger partial charge on any atom is 0.472 e. The highest BCUT2D eigenvalue weighted by atomic mass is 31.2. The van der Waals surface area contributed by atoms with Crippen LogP contribution in [0.3, 0.4) is 0 Å². The number of amides is 1. The number of allylic oxidation sites excluding steroid dienone is 3. The van der Waals surface area contributed by atoms with Crippen molar-refractivity contribution >= 4 is 13.7 Å². The lowest BCUT2D eigenvalue weighted by Gasteiger charge is -2.25. The van der Waals surface area contributed by atoms with Gasteiger partial charge in [-0.15, -0.1) is 0 Å². The van der Waals surface area contributed by atoms with Crippen molar-refractivity contribution in [2.24, 2.45) is 0 Å². The zero-order chi connectivity index (χ0) is 40.0. The molecule has 0 aromatic heterocycles. The molecule has 0 heterocycles. The molecule has 0 aliphatic heterocycles. The van der Waals surface area contributed by atoms with Crippen molar-refractivity contribution in [3.8, 4) is 0 Å².